The maximum absolute atomic E-state index is 12.6. The molecule has 0 unspecified atom stereocenters. The van der Waals surface area contributed by atoms with Crippen molar-refractivity contribution >= 4 is 35.0 Å². The molecule has 6 nitrogen and oxygen atoms in total. The molecule has 2 aromatic rings. The molecule has 0 spiro atoms. The van der Waals surface area contributed by atoms with Crippen LogP contribution in [0.5, 0.6) is 5.75 Å². The third-order valence-electron chi connectivity index (χ3n) is 4.69. The molecule has 156 valence electrons. The maximum atomic E-state index is 12.6. The second-order valence-corrected chi connectivity index (χ2v) is 8.30. The molecule has 1 aliphatic rings. The minimum Gasteiger partial charge on any atom is -0.491 e. The van der Waals surface area contributed by atoms with Crippen LogP contribution in [-0.2, 0) is 4.79 Å². The van der Waals surface area contributed by atoms with Gasteiger partial charge in [-0.05, 0) is 65.6 Å². The van der Waals surface area contributed by atoms with Gasteiger partial charge < -0.3 is 9.84 Å². The summed E-state index contributed by atoms with van der Waals surface area (Å²) in [4.78, 5) is 37.3. The van der Waals surface area contributed by atoms with Gasteiger partial charge in [0.2, 0.25) is 0 Å². The lowest BCUT2D eigenvalue weighted by Crippen LogP contribution is -2.32. The molecule has 1 saturated heterocycles. The normalized spacial score (nSPS) is 15.3. The summed E-state index contributed by atoms with van der Waals surface area (Å²) in [6.07, 6.45) is 1.59. The number of nitrogens with zero attached hydrogens (tertiary/aromatic N) is 1. The van der Waals surface area contributed by atoms with E-state index < -0.39 is 5.97 Å². The molecule has 0 bridgehead atoms. The minimum absolute atomic E-state index is 0.158. The van der Waals surface area contributed by atoms with E-state index in [1.807, 2.05) is 25.1 Å². The summed E-state index contributed by atoms with van der Waals surface area (Å²) in [5.41, 5.74) is 2.98. The molecule has 1 fully saturated rings. The number of carbonyl (C=O) groups is 3. The van der Waals surface area contributed by atoms with E-state index in [9.17, 15) is 14.4 Å². The highest BCUT2D eigenvalue weighted by Crippen LogP contribution is 2.32. The summed E-state index contributed by atoms with van der Waals surface area (Å²) in [6, 6.07) is 12.2. The van der Waals surface area contributed by atoms with Crippen molar-refractivity contribution in [1.82, 2.24) is 4.90 Å². The fourth-order valence-corrected chi connectivity index (χ4v) is 3.92. The van der Waals surface area contributed by atoms with Gasteiger partial charge in [-0.15, -0.1) is 0 Å². The van der Waals surface area contributed by atoms with Crippen LogP contribution in [0.1, 0.15) is 46.8 Å². The Morgan fingerprint density at radius 3 is 2.50 bits per heavy atom. The number of carboxylic acids is 1. The van der Waals surface area contributed by atoms with Crippen molar-refractivity contribution in [2.45, 2.75) is 26.7 Å². The molecular formula is C23H23NO5S. The quantitative estimate of drug-likeness (QED) is 0.633. The van der Waals surface area contributed by atoms with Gasteiger partial charge in [-0.3, -0.25) is 14.5 Å². The number of ether oxygens (including phenoxy) is 1. The van der Waals surface area contributed by atoms with Crippen molar-refractivity contribution in [2.24, 2.45) is 0 Å². The highest BCUT2D eigenvalue weighted by Gasteiger charge is 2.34. The standard InChI is InChI=1S/C23H23NO5S/c1-14(2)18-9-4-15(3)12-19(18)29-11-10-24-21(25)20(30-23(24)28)13-16-5-7-17(8-6-16)22(26)27/h4-9,12-14H,10-11H2,1-3H3,(H,26,27)/b20-13-. The number of aromatic carboxylic acids is 1. The molecule has 1 aliphatic heterocycles. The number of carbonyl (C=O) groups excluding carboxylic acids is 2. The Balaban J connectivity index is 1.66. The van der Waals surface area contributed by atoms with E-state index in [1.54, 1.807) is 18.2 Å². The monoisotopic (exact) mass is 425 g/mol. The average Bonchev–Trinajstić information content (AvgIpc) is 2.95. The van der Waals surface area contributed by atoms with Gasteiger partial charge in [-0.1, -0.05) is 38.1 Å². The van der Waals surface area contributed by atoms with Crippen LogP contribution in [0, 0.1) is 6.92 Å². The lowest BCUT2D eigenvalue weighted by Gasteiger charge is -2.17. The Labute approximate surface area is 179 Å². The van der Waals surface area contributed by atoms with E-state index in [0.29, 0.717) is 16.4 Å². The molecule has 0 aromatic heterocycles. The van der Waals surface area contributed by atoms with Crippen LogP contribution in [0.25, 0.3) is 6.08 Å². The summed E-state index contributed by atoms with van der Waals surface area (Å²) in [5.74, 6) is -0.320. The third kappa shape index (κ3) is 4.91. The number of aryl methyl sites for hydroxylation is 1. The second kappa shape index (κ2) is 9.17. The van der Waals surface area contributed by atoms with Gasteiger partial charge in [0.1, 0.15) is 12.4 Å². The van der Waals surface area contributed by atoms with Crippen LogP contribution in [-0.4, -0.2) is 40.3 Å². The number of carboxylic acid groups (broad SMARTS) is 1. The topological polar surface area (TPSA) is 83.9 Å². The van der Waals surface area contributed by atoms with Gasteiger partial charge in [0.15, 0.2) is 0 Å². The first-order valence-corrected chi connectivity index (χ1v) is 10.4. The smallest absolute Gasteiger partial charge is 0.335 e. The van der Waals surface area contributed by atoms with E-state index in [4.69, 9.17) is 9.84 Å². The van der Waals surface area contributed by atoms with Crippen LogP contribution < -0.4 is 4.74 Å². The molecule has 1 N–H and O–H groups in total. The van der Waals surface area contributed by atoms with Gasteiger partial charge in [0.05, 0.1) is 17.0 Å². The zero-order valence-corrected chi connectivity index (χ0v) is 17.9. The molecule has 7 heteroatoms. The SMILES string of the molecule is Cc1ccc(C(C)C)c(OCCN2C(=O)S/C(=C\c3ccc(C(=O)O)cc3)C2=O)c1. The van der Waals surface area contributed by atoms with Gasteiger partial charge in [0, 0.05) is 0 Å². The van der Waals surface area contributed by atoms with Crippen LogP contribution in [0.2, 0.25) is 0 Å². The predicted molar refractivity (Wildman–Crippen MR) is 117 cm³/mol. The van der Waals surface area contributed by atoms with Crippen molar-refractivity contribution in [2.75, 3.05) is 13.2 Å². The fraction of sp³-hybridized carbons (Fsp3) is 0.261. The molecule has 30 heavy (non-hydrogen) atoms. The lowest BCUT2D eigenvalue weighted by atomic mass is 10.0. The first kappa shape index (κ1) is 21.6. The van der Waals surface area contributed by atoms with E-state index in [1.165, 1.54) is 17.0 Å². The average molecular weight is 426 g/mol. The van der Waals surface area contributed by atoms with Crippen LogP contribution in [0.3, 0.4) is 0 Å². The Morgan fingerprint density at radius 2 is 1.87 bits per heavy atom. The predicted octanol–water partition coefficient (Wildman–Crippen LogP) is 4.93. The van der Waals surface area contributed by atoms with Gasteiger partial charge >= 0.3 is 5.97 Å². The van der Waals surface area contributed by atoms with Crippen molar-refractivity contribution in [3.05, 3.63) is 69.6 Å². The molecular weight excluding hydrogens is 402 g/mol. The van der Waals surface area contributed by atoms with E-state index in [-0.39, 0.29) is 29.9 Å². The number of imide groups is 1. The van der Waals surface area contributed by atoms with Crippen LogP contribution >= 0.6 is 11.8 Å². The third-order valence-corrected chi connectivity index (χ3v) is 5.60. The Morgan fingerprint density at radius 1 is 1.17 bits per heavy atom. The van der Waals surface area contributed by atoms with Crippen molar-refractivity contribution in [3.63, 3.8) is 0 Å². The van der Waals surface area contributed by atoms with Gasteiger partial charge in [-0.2, -0.15) is 0 Å². The molecule has 0 saturated carbocycles. The largest absolute Gasteiger partial charge is 0.491 e. The zero-order valence-electron chi connectivity index (χ0n) is 17.0. The number of benzene rings is 2. The molecule has 2 aromatic carbocycles. The number of hydrogen-bond donors (Lipinski definition) is 1. The van der Waals surface area contributed by atoms with Crippen LogP contribution in [0.4, 0.5) is 4.79 Å². The van der Waals surface area contributed by atoms with Crippen molar-refractivity contribution < 1.29 is 24.2 Å². The van der Waals surface area contributed by atoms with Gasteiger partial charge in [-0.25, -0.2) is 4.79 Å². The summed E-state index contributed by atoms with van der Waals surface area (Å²) < 4.78 is 5.90. The summed E-state index contributed by atoms with van der Waals surface area (Å²) >= 11 is 0.871. The van der Waals surface area contributed by atoms with Crippen LogP contribution in [0.15, 0.2) is 47.4 Å². The van der Waals surface area contributed by atoms with E-state index in [2.05, 4.69) is 13.8 Å². The second-order valence-electron chi connectivity index (χ2n) is 7.30. The minimum atomic E-state index is -1.02. The lowest BCUT2D eigenvalue weighted by molar-refractivity contribution is -0.123. The highest BCUT2D eigenvalue weighted by molar-refractivity contribution is 8.18. The van der Waals surface area contributed by atoms with Crippen molar-refractivity contribution in [3.8, 4) is 5.75 Å². The van der Waals surface area contributed by atoms with E-state index >= 15 is 0 Å². The Kier molecular flexibility index (Phi) is 6.62. The summed E-state index contributed by atoms with van der Waals surface area (Å²) in [5, 5.41) is 8.62. The summed E-state index contributed by atoms with van der Waals surface area (Å²) in [7, 11) is 0. The molecule has 1 heterocycles. The number of thioether (sulfide) groups is 1. The zero-order chi connectivity index (χ0) is 21.8. The first-order valence-electron chi connectivity index (χ1n) is 9.58. The Bertz CT molecular complexity index is 1010. The van der Waals surface area contributed by atoms with Gasteiger partial charge in [0.25, 0.3) is 11.1 Å². The summed E-state index contributed by atoms with van der Waals surface area (Å²) in [6.45, 7) is 6.53. The molecule has 0 atom stereocenters. The number of amides is 2. The molecule has 3 rings (SSSR count). The number of hydrogen-bond acceptors (Lipinski definition) is 5. The van der Waals surface area contributed by atoms with E-state index in [0.717, 1.165) is 28.6 Å². The Hall–Kier alpha value is -3.06. The first-order chi connectivity index (χ1) is 14.3. The fourth-order valence-electron chi connectivity index (χ4n) is 3.06. The maximum Gasteiger partial charge on any atom is 0.335 e. The number of rotatable bonds is 7. The highest BCUT2D eigenvalue weighted by atomic mass is 32.2. The molecule has 0 aliphatic carbocycles. The molecule has 0 radical (unpaired) electrons. The van der Waals surface area contributed by atoms with Crippen molar-refractivity contribution in [1.29, 1.82) is 0 Å². The molecule has 2 amide bonds.